The van der Waals surface area contributed by atoms with Crippen LogP contribution in [-0.4, -0.2) is 18.4 Å². The molecule has 0 radical (unpaired) electrons. The van der Waals surface area contributed by atoms with Gasteiger partial charge in [0.15, 0.2) is 0 Å². The topological polar surface area (TPSA) is 72.2 Å². The van der Waals surface area contributed by atoms with E-state index >= 15 is 0 Å². The highest BCUT2D eigenvalue weighted by atomic mass is 79.9. The lowest BCUT2D eigenvalue weighted by molar-refractivity contribution is -0.137. The Morgan fingerprint density at radius 1 is 1.50 bits per heavy atom. The molecule has 14 heavy (non-hydrogen) atoms. The Morgan fingerprint density at radius 2 is 2.21 bits per heavy atom. The molecule has 76 valence electrons. The van der Waals surface area contributed by atoms with Crippen LogP contribution in [0.3, 0.4) is 0 Å². The summed E-state index contributed by atoms with van der Waals surface area (Å²) >= 11 is 4.93. The van der Waals surface area contributed by atoms with Gasteiger partial charge in [-0.1, -0.05) is 0 Å². The van der Waals surface area contributed by atoms with Crippen molar-refractivity contribution >= 4 is 39.1 Å². The van der Waals surface area contributed by atoms with Gasteiger partial charge in [-0.2, -0.15) is 0 Å². The van der Waals surface area contributed by atoms with E-state index in [2.05, 4.69) is 21.2 Å². The predicted octanol–water partition coefficient (Wildman–Crippen LogP) is 0.655. The second kappa shape index (κ2) is 5.11. The van der Waals surface area contributed by atoms with Gasteiger partial charge in [-0.25, -0.2) is 0 Å². The molecule has 0 saturated carbocycles. The van der Waals surface area contributed by atoms with Gasteiger partial charge < -0.3 is 11.1 Å². The molecule has 0 unspecified atom stereocenters. The Balaban J connectivity index is 2.29. The maximum Gasteiger partial charge on any atom is 0.309 e. The van der Waals surface area contributed by atoms with Crippen molar-refractivity contribution in [2.45, 2.75) is 6.42 Å². The molecule has 0 atom stereocenters. The van der Waals surface area contributed by atoms with Crippen LogP contribution in [0.2, 0.25) is 0 Å². The molecule has 2 amide bonds. The average Bonchev–Trinajstić information content (AvgIpc) is 2.51. The summed E-state index contributed by atoms with van der Waals surface area (Å²) in [6, 6.07) is 3.90. The third kappa shape index (κ3) is 3.47. The molecule has 1 heterocycles. The first-order valence-electron chi connectivity index (χ1n) is 3.91. The Bertz CT molecular complexity index is 351. The highest BCUT2D eigenvalue weighted by Gasteiger charge is 2.06. The highest BCUT2D eigenvalue weighted by molar-refractivity contribution is 9.11. The predicted molar refractivity (Wildman–Crippen MR) is 57.9 cm³/mol. The van der Waals surface area contributed by atoms with Gasteiger partial charge in [-0.05, 0) is 34.5 Å². The van der Waals surface area contributed by atoms with Gasteiger partial charge in [0.05, 0.1) is 3.79 Å². The molecular weight excluding hydrogens is 268 g/mol. The number of hydrogen-bond acceptors (Lipinski definition) is 3. The zero-order valence-corrected chi connectivity index (χ0v) is 9.65. The zero-order chi connectivity index (χ0) is 10.6. The number of nitrogens with one attached hydrogen (secondary N) is 1. The molecule has 1 aromatic rings. The number of carbonyl (C=O) groups excluding carboxylic acids is 2. The average molecular weight is 277 g/mol. The van der Waals surface area contributed by atoms with Crippen LogP contribution in [0.5, 0.6) is 0 Å². The van der Waals surface area contributed by atoms with E-state index in [-0.39, 0.29) is 0 Å². The number of thiophene rings is 1. The van der Waals surface area contributed by atoms with Crippen LogP contribution in [0, 0.1) is 0 Å². The number of amides is 2. The summed E-state index contributed by atoms with van der Waals surface area (Å²) in [6.45, 7) is 0.425. The fourth-order valence-corrected chi connectivity index (χ4v) is 2.36. The molecule has 6 heteroatoms. The lowest BCUT2D eigenvalue weighted by Crippen LogP contribution is -2.36. The fraction of sp³-hybridized carbons (Fsp3) is 0.250. The van der Waals surface area contributed by atoms with Crippen molar-refractivity contribution in [1.29, 1.82) is 0 Å². The van der Waals surface area contributed by atoms with Crippen molar-refractivity contribution in [3.05, 3.63) is 20.8 Å². The first kappa shape index (κ1) is 11.2. The summed E-state index contributed by atoms with van der Waals surface area (Å²) < 4.78 is 1.05. The van der Waals surface area contributed by atoms with Crippen molar-refractivity contribution in [2.75, 3.05) is 6.54 Å². The van der Waals surface area contributed by atoms with Crippen LogP contribution < -0.4 is 11.1 Å². The largest absolute Gasteiger partial charge is 0.361 e. The number of carbonyl (C=O) groups is 2. The third-order valence-corrected chi connectivity index (χ3v) is 3.19. The van der Waals surface area contributed by atoms with Crippen molar-refractivity contribution in [3.63, 3.8) is 0 Å². The first-order valence-corrected chi connectivity index (χ1v) is 5.52. The van der Waals surface area contributed by atoms with Gasteiger partial charge >= 0.3 is 11.8 Å². The standard InChI is InChI=1S/C8H9BrN2O2S/c9-6-2-1-5(14-6)3-4-11-8(13)7(10)12/h1-2H,3-4H2,(H2,10,12)(H,11,13). The summed E-state index contributed by atoms with van der Waals surface area (Å²) in [5, 5.41) is 2.42. The second-order valence-electron chi connectivity index (χ2n) is 2.58. The summed E-state index contributed by atoms with van der Waals surface area (Å²) in [6.07, 6.45) is 0.704. The van der Waals surface area contributed by atoms with Gasteiger partial charge in [0.1, 0.15) is 0 Å². The SMILES string of the molecule is NC(=O)C(=O)NCCc1ccc(Br)s1. The Hall–Kier alpha value is -0.880. The second-order valence-corrected chi connectivity index (χ2v) is 5.12. The molecule has 0 aliphatic carbocycles. The van der Waals surface area contributed by atoms with Crippen LogP contribution in [0.25, 0.3) is 0 Å². The van der Waals surface area contributed by atoms with Gasteiger partial charge in [-0.15, -0.1) is 11.3 Å². The molecule has 0 aromatic carbocycles. The quantitative estimate of drug-likeness (QED) is 0.796. The van der Waals surface area contributed by atoms with E-state index in [1.807, 2.05) is 12.1 Å². The van der Waals surface area contributed by atoms with Crippen LogP contribution in [0.4, 0.5) is 0 Å². The van der Waals surface area contributed by atoms with E-state index in [9.17, 15) is 9.59 Å². The summed E-state index contributed by atoms with van der Waals surface area (Å²) in [7, 11) is 0. The number of rotatable bonds is 3. The Morgan fingerprint density at radius 3 is 2.71 bits per heavy atom. The smallest absolute Gasteiger partial charge is 0.309 e. The molecular formula is C8H9BrN2O2S. The molecule has 0 bridgehead atoms. The molecule has 0 aliphatic heterocycles. The van der Waals surface area contributed by atoms with E-state index in [0.717, 1.165) is 8.66 Å². The van der Waals surface area contributed by atoms with E-state index in [1.54, 1.807) is 11.3 Å². The summed E-state index contributed by atoms with van der Waals surface area (Å²) in [4.78, 5) is 22.2. The summed E-state index contributed by atoms with van der Waals surface area (Å²) in [5.41, 5.74) is 4.76. The number of halogens is 1. The van der Waals surface area contributed by atoms with Gasteiger partial charge in [-0.3, -0.25) is 9.59 Å². The van der Waals surface area contributed by atoms with Gasteiger partial charge in [0.2, 0.25) is 0 Å². The van der Waals surface area contributed by atoms with E-state index in [4.69, 9.17) is 5.73 Å². The van der Waals surface area contributed by atoms with Crippen LogP contribution in [0.15, 0.2) is 15.9 Å². The minimum absolute atomic E-state index is 0.425. The van der Waals surface area contributed by atoms with E-state index < -0.39 is 11.8 Å². The fourth-order valence-electron chi connectivity index (χ4n) is 0.872. The molecule has 3 N–H and O–H groups in total. The van der Waals surface area contributed by atoms with Crippen LogP contribution in [-0.2, 0) is 16.0 Å². The maximum atomic E-state index is 10.7. The van der Waals surface area contributed by atoms with E-state index in [1.165, 1.54) is 0 Å². The zero-order valence-electron chi connectivity index (χ0n) is 7.25. The summed E-state index contributed by atoms with van der Waals surface area (Å²) in [5.74, 6) is -1.68. The Labute approximate surface area is 93.6 Å². The van der Waals surface area contributed by atoms with Crippen molar-refractivity contribution in [2.24, 2.45) is 5.73 Å². The van der Waals surface area contributed by atoms with E-state index in [0.29, 0.717) is 13.0 Å². The molecule has 4 nitrogen and oxygen atoms in total. The monoisotopic (exact) mass is 276 g/mol. The number of nitrogens with two attached hydrogens (primary N) is 1. The molecule has 0 spiro atoms. The van der Waals surface area contributed by atoms with Crippen molar-refractivity contribution in [3.8, 4) is 0 Å². The highest BCUT2D eigenvalue weighted by Crippen LogP contribution is 2.21. The minimum atomic E-state index is -0.947. The van der Waals surface area contributed by atoms with Crippen molar-refractivity contribution < 1.29 is 9.59 Å². The lowest BCUT2D eigenvalue weighted by Gasteiger charge is -1.99. The van der Waals surface area contributed by atoms with Crippen LogP contribution >= 0.6 is 27.3 Å². The normalized spacial score (nSPS) is 9.79. The number of primary amides is 1. The number of hydrogen-bond donors (Lipinski definition) is 2. The molecule has 0 fully saturated rings. The first-order chi connectivity index (χ1) is 6.59. The molecule has 0 saturated heterocycles. The third-order valence-electron chi connectivity index (χ3n) is 1.51. The van der Waals surface area contributed by atoms with Crippen LogP contribution in [0.1, 0.15) is 4.88 Å². The van der Waals surface area contributed by atoms with Gasteiger partial charge in [0.25, 0.3) is 0 Å². The van der Waals surface area contributed by atoms with Crippen molar-refractivity contribution in [1.82, 2.24) is 5.32 Å². The minimum Gasteiger partial charge on any atom is -0.361 e. The molecule has 1 rings (SSSR count). The molecule has 0 aliphatic rings. The molecule has 1 aromatic heterocycles. The maximum absolute atomic E-state index is 10.7. The Kier molecular flexibility index (Phi) is 4.09. The lowest BCUT2D eigenvalue weighted by atomic mass is 10.3. The van der Waals surface area contributed by atoms with Gasteiger partial charge in [0, 0.05) is 11.4 Å².